The van der Waals surface area contributed by atoms with Crippen LogP contribution in [-0.2, 0) is 0 Å². The largest absolute Gasteiger partial charge is 0.377 e. The molecule has 5 heteroatoms. The molecule has 2 heterocycles. The number of halogens is 2. The van der Waals surface area contributed by atoms with E-state index in [1.165, 1.54) is 11.3 Å². The molecule has 0 bridgehead atoms. The van der Waals surface area contributed by atoms with Crippen LogP contribution in [0.25, 0.3) is 10.9 Å². The van der Waals surface area contributed by atoms with Crippen LogP contribution >= 0.6 is 34.5 Å². The Kier molecular flexibility index (Phi) is 3.83. The predicted octanol–water partition coefficient (Wildman–Crippen LogP) is 5.78. The SMILES string of the molecule is CC(Nc1cccc2cccnc12)c1cc(Cl)sc1Cl. The van der Waals surface area contributed by atoms with Crippen molar-refractivity contribution in [1.82, 2.24) is 4.98 Å². The van der Waals surface area contributed by atoms with Crippen LogP contribution < -0.4 is 5.32 Å². The fraction of sp³-hybridized carbons (Fsp3) is 0.133. The first-order chi connectivity index (χ1) is 9.65. The van der Waals surface area contributed by atoms with Gasteiger partial charge in [0.1, 0.15) is 0 Å². The van der Waals surface area contributed by atoms with Gasteiger partial charge in [-0.05, 0) is 25.1 Å². The van der Waals surface area contributed by atoms with Gasteiger partial charge < -0.3 is 5.32 Å². The van der Waals surface area contributed by atoms with Crippen LogP contribution in [0.15, 0.2) is 42.6 Å². The molecule has 3 rings (SSSR count). The number of aromatic nitrogens is 1. The van der Waals surface area contributed by atoms with Gasteiger partial charge in [0.15, 0.2) is 0 Å². The fourth-order valence-corrected chi connectivity index (χ4v) is 3.83. The third-order valence-electron chi connectivity index (χ3n) is 3.15. The van der Waals surface area contributed by atoms with Gasteiger partial charge in [0, 0.05) is 17.1 Å². The number of anilines is 1. The summed E-state index contributed by atoms with van der Waals surface area (Å²) >= 11 is 13.6. The molecule has 0 amide bonds. The molecule has 1 atom stereocenters. The van der Waals surface area contributed by atoms with Gasteiger partial charge in [-0.2, -0.15) is 0 Å². The number of para-hydroxylation sites is 1. The zero-order valence-corrected chi connectivity index (χ0v) is 13.1. The molecule has 1 N–H and O–H groups in total. The predicted molar refractivity (Wildman–Crippen MR) is 88.1 cm³/mol. The summed E-state index contributed by atoms with van der Waals surface area (Å²) in [5.74, 6) is 0. The summed E-state index contributed by atoms with van der Waals surface area (Å²) < 4.78 is 1.43. The Bertz CT molecular complexity index is 749. The fourth-order valence-electron chi connectivity index (χ4n) is 2.18. The van der Waals surface area contributed by atoms with E-state index in [4.69, 9.17) is 23.2 Å². The Labute approximate surface area is 131 Å². The maximum Gasteiger partial charge on any atom is 0.0996 e. The molecular weight excluding hydrogens is 311 g/mol. The van der Waals surface area contributed by atoms with Crippen molar-refractivity contribution in [2.45, 2.75) is 13.0 Å². The second-order valence-electron chi connectivity index (χ2n) is 4.53. The van der Waals surface area contributed by atoms with Gasteiger partial charge in [0.25, 0.3) is 0 Å². The number of rotatable bonds is 3. The number of hydrogen-bond acceptors (Lipinski definition) is 3. The van der Waals surface area contributed by atoms with Crippen molar-refractivity contribution < 1.29 is 0 Å². The number of nitrogens with zero attached hydrogens (tertiary/aromatic N) is 1. The lowest BCUT2D eigenvalue weighted by Gasteiger charge is -2.16. The standard InChI is InChI=1S/C15H12Cl2N2S/c1-9(11-8-13(16)20-15(11)17)19-12-6-2-4-10-5-3-7-18-14(10)12/h2-9,19H,1H3. The Hall–Kier alpha value is -1.29. The molecule has 0 spiro atoms. The number of hydrogen-bond donors (Lipinski definition) is 1. The van der Waals surface area contributed by atoms with Crippen LogP contribution in [-0.4, -0.2) is 4.98 Å². The van der Waals surface area contributed by atoms with E-state index in [9.17, 15) is 0 Å². The lowest BCUT2D eigenvalue weighted by molar-refractivity contribution is 0.892. The van der Waals surface area contributed by atoms with Crippen molar-refractivity contribution in [2.75, 3.05) is 5.32 Å². The van der Waals surface area contributed by atoms with Crippen molar-refractivity contribution in [1.29, 1.82) is 0 Å². The number of fused-ring (bicyclic) bond motifs is 1. The Morgan fingerprint density at radius 1 is 1.20 bits per heavy atom. The molecule has 102 valence electrons. The first kappa shape index (κ1) is 13.7. The second-order valence-corrected chi connectivity index (χ2v) is 6.81. The quantitative estimate of drug-likeness (QED) is 0.661. The number of benzene rings is 1. The first-order valence-corrected chi connectivity index (χ1v) is 7.77. The normalized spacial score (nSPS) is 12.6. The van der Waals surface area contributed by atoms with Crippen molar-refractivity contribution in [3.8, 4) is 0 Å². The molecule has 0 saturated carbocycles. The Morgan fingerprint density at radius 2 is 2.00 bits per heavy atom. The first-order valence-electron chi connectivity index (χ1n) is 6.20. The van der Waals surface area contributed by atoms with Crippen molar-refractivity contribution in [3.63, 3.8) is 0 Å². The highest BCUT2D eigenvalue weighted by atomic mass is 35.5. The maximum atomic E-state index is 6.20. The van der Waals surface area contributed by atoms with Gasteiger partial charge in [-0.1, -0.05) is 41.4 Å². The Morgan fingerprint density at radius 3 is 2.75 bits per heavy atom. The molecule has 1 aromatic carbocycles. The van der Waals surface area contributed by atoms with E-state index in [0.29, 0.717) is 4.34 Å². The van der Waals surface area contributed by atoms with E-state index in [0.717, 1.165) is 26.5 Å². The molecule has 1 unspecified atom stereocenters. The van der Waals surface area contributed by atoms with Crippen molar-refractivity contribution in [2.24, 2.45) is 0 Å². The minimum Gasteiger partial charge on any atom is -0.377 e. The van der Waals surface area contributed by atoms with Crippen LogP contribution in [0, 0.1) is 0 Å². The van der Waals surface area contributed by atoms with E-state index in [1.807, 2.05) is 36.4 Å². The summed E-state index contributed by atoms with van der Waals surface area (Å²) in [6.07, 6.45) is 1.80. The summed E-state index contributed by atoms with van der Waals surface area (Å²) in [4.78, 5) is 4.44. The smallest absolute Gasteiger partial charge is 0.0996 e. The topological polar surface area (TPSA) is 24.9 Å². The molecule has 0 fully saturated rings. The van der Waals surface area contributed by atoms with E-state index in [2.05, 4.69) is 17.2 Å². The van der Waals surface area contributed by atoms with Crippen molar-refractivity contribution in [3.05, 3.63) is 56.8 Å². The van der Waals surface area contributed by atoms with E-state index in [-0.39, 0.29) is 6.04 Å². The lowest BCUT2D eigenvalue weighted by atomic mass is 10.1. The van der Waals surface area contributed by atoms with Gasteiger partial charge in [0.2, 0.25) is 0 Å². The molecule has 2 nitrogen and oxygen atoms in total. The minimum absolute atomic E-state index is 0.0684. The van der Waals surface area contributed by atoms with Crippen LogP contribution in [0.4, 0.5) is 5.69 Å². The number of nitrogens with one attached hydrogen (secondary N) is 1. The highest BCUT2D eigenvalue weighted by Gasteiger charge is 2.14. The van der Waals surface area contributed by atoms with Crippen LogP contribution in [0.3, 0.4) is 0 Å². The molecule has 0 aliphatic rings. The zero-order chi connectivity index (χ0) is 14.1. The lowest BCUT2D eigenvalue weighted by Crippen LogP contribution is -2.06. The highest BCUT2D eigenvalue weighted by molar-refractivity contribution is 7.20. The second kappa shape index (κ2) is 5.60. The van der Waals surface area contributed by atoms with E-state index in [1.54, 1.807) is 6.20 Å². The summed E-state index contributed by atoms with van der Waals surface area (Å²) in [6, 6.07) is 12.0. The average Bonchev–Trinajstić information content (AvgIpc) is 2.78. The summed E-state index contributed by atoms with van der Waals surface area (Å²) in [6.45, 7) is 2.06. The van der Waals surface area contributed by atoms with Crippen LogP contribution in [0.1, 0.15) is 18.5 Å². The molecule has 0 aliphatic carbocycles. The van der Waals surface area contributed by atoms with Gasteiger partial charge in [-0.15, -0.1) is 11.3 Å². The van der Waals surface area contributed by atoms with Gasteiger partial charge in [-0.25, -0.2) is 0 Å². The van der Waals surface area contributed by atoms with Crippen LogP contribution in [0.5, 0.6) is 0 Å². The van der Waals surface area contributed by atoms with Crippen LogP contribution in [0.2, 0.25) is 8.67 Å². The average molecular weight is 323 g/mol. The molecule has 20 heavy (non-hydrogen) atoms. The zero-order valence-electron chi connectivity index (χ0n) is 10.7. The molecule has 2 aromatic heterocycles. The highest BCUT2D eigenvalue weighted by Crippen LogP contribution is 2.36. The number of pyridine rings is 1. The third kappa shape index (κ3) is 2.62. The molecule has 0 saturated heterocycles. The van der Waals surface area contributed by atoms with Gasteiger partial charge >= 0.3 is 0 Å². The molecular formula is C15H12Cl2N2S. The number of thiophene rings is 1. The summed E-state index contributed by atoms with van der Waals surface area (Å²) in [7, 11) is 0. The van der Waals surface area contributed by atoms with Gasteiger partial charge in [0.05, 0.1) is 25.9 Å². The minimum atomic E-state index is 0.0684. The molecule has 0 radical (unpaired) electrons. The molecule has 0 aliphatic heterocycles. The van der Waals surface area contributed by atoms with Gasteiger partial charge in [-0.3, -0.25) is 4.98 Å². The van der Waals surface area contributed by atoms with E-state index >= 15 is 0 Å². The summed E-state index contributed by atoms with van der Waals surface area (Å²) in [5, 5.41) is 4.57. The maximum absolute atomic E-state index is 6.20. The van der Waals surface area contributed by atoms with E-state index < -0.39 is 0 Å². The monoisotopic (exact) mass is 322 g/mol. The Balaban J connectivity index is 1.95. The summed E-state index contributed by atoms with van der Waals surface area (Å²) in [5.41, 5.74) is 2.96. The molecule has 3 aromatic rings. The third-order valence-corrected chi connectivity index (χ3v) is 4.67. The van der Waals surface area contributed by atoms with Crippen molar-refractivity contribution >= 4 is 51.1 Å².